The Hall–Kier alpha value is -1.18. The van der Waals surface area contributed by atoms with Gasteiger partial charge in [-0.1, -0.05) is 13.3 Å². The van der Waals surface area contributed by atoms with Crippen LogP contribution in [-0.4, -0.2) is 34.3 Å². The molecule has 2 N–H and O–H groups in total. The Bertz CT molecular complexity index is 412. The van der Waals surface area contributed by atoms with Gasteiger partial charge in [0.15, 0.2) is 0 Å². The molecule has 0 radical (unpaired) electrons. The van der Waals surface area contributed by atoms with Gasteiger partial charge in [-0.05, 0) is 25.1 Å². The molecule has 1 aromatic heterocycles. The van der Waals surface area contributed by atoms with Gasteiger partial charge in [0.1, 0.15) is 18.0 Å². The van der Waals surface area contributed by atoms with Gasteiger partial charge < -0.3 is 10.6 Å². The lowest BCUT2D eigenvalue weighted by Gasteiger charge is -2.14. The van der Waals surface area contributed by atoms with Crippen molar-refractivity contribution in [3.05, 3.63) is 11.9 Å². The van der Waals surface area contributed by atoms with Gasteiger partial charge in [0.05, 0.1) is 0 Å². The standard InChI is InChI=1S/C12H19F3N4S/c1-3-5-9-10(16-4-2)18-8-19-11(9)17-6-7-20-12(13,14)15/h8H,3-7H2,1-2H3,(H2,16,17,18,19). The fourth-order valence-corrected chi connectivity index (χ4v) is 2.14. The van der Waals surface area contributed by atoms with Crippen molar-refractivity contribution >= 4 is 23.4 Å². The number of hydrogen-bond acceptors (Lipinski definition) is 5. The summed E-state index contributed by atoms with van der Waals surface area (Å²) in [5.74, 6) is 1.31. The number of halogens is 3. The Balaban J connectivity index is 2.66. The van der Waals surface area contributed by atoms with Gasteiger partial charge >= 0.3 is 5.51 Å². The SMILES string of the molecule is CCCc1c(NCC)ncnc1NCCSC(F)(F)F. The summed E-state index contributed by atoms with van der Waals surface area (Å²) in [6.45, 7) is 4.94. The second-order valence-electron chi connectivity index (χ2n) is 4.05. The first-order valence-electron chi connectivity index (χ1n) is 6.50. The molecule has 1 rings (SSSR count). The molecule has 4 nitrogen and oxygen atoms in total. The number of nitrogens with one attached hydrogen (secondary N) is 2. The summed E-state index contributed by atoms with van der Waals surface area (Å²) in [6, 6.07) is 0. The van der Waals surface area contributed by atoms with Gasteiger partial charge in [-0.25, -0.2) is 9.97 Å². The maximum atomic E-state index is 12.0. The van der Waals surface area contributed by atoms with E-state index in [4.69, 9.17) is 0 Å². The van der Waals surface area contributed by atoms with Crippen LogP contribution in [0, 0.1) is 0 Å². The first-order valence-corrected chi connectivity index (χ1v) is 7.48. The van der Waals surface area contributed by atoms with Crippen LogP contribution in [0.15, 0.2) is 6.33 Å². The fraction of sp³-hybridized carbons (Fsp3) is 0.667. The van der Waals surface area contributed by atoms with Gasteiger partial charge in [-0.3, -0.25) is 0 Å². The number of thioether (sulfide) groups is 1. The third-order valence-corrected chi connectivity index (χ3v) is 3.19. The van der Waals surface area contributed by atoms with E-state index in [0.29, 0.717) is 5.82 Å². The van der Waals surface area contributed by atoms with Crippen molar-refractivity contribution in [3.8, 4) is 0 Å². The average Bonchev–Trinajstić information content (AvgIpc) is 2.37. The number of hydrogen-bond donors (Lipinski definition) is 2. The van der Waals surface area contributed by atoms with Gasteiger partial charge in [0.25, 0.3) is 0 Å². The van der Waals surface area contributed by atoms with E-state index in [0.717, 1.165) is 30.8 Å². The van der Waals surface area contributed by atoms with Crippen LogP contribution in [0.1, 0.15) is 25.8 Å². The summed E-state index contributed by atoms with van der Waals surface area (Å²) in [5.41, 5.74) is -3.26. The smallest absolute Gasteiger partial charge is 0.370 e. The van der Waals surface area contributed by atoms with Crippen molar-refractivity contribution in [2.45, 2.75) is 32.2 Å². The molecule has 0 unspecified atom stereocenters. The maximum Gasteiger partial charge on any atom is 0.441 e. The lowest BCUT2D eigenvalue weighted by atomic mass is 10.1. The lowest BCUT2D eigenvalue weighted by Crippen LogP contribution is -2.13. The second-order valence-corrected chi connectivity index (χ2v) is 5.21. The third-order valence-electron chi connectivity index (χ3n) is 2.45. The van der Waals surface area contributed by atoms with Crippen molar-refractivity contribution in [2.24, 2.45) is 0 Å². The van der Waals surface area contributed by atoms with E-state index in [1.54, 1.807) is 0 Å². The summed E-state index contributed by atoms with van der Waals surface area (Å²) in [6.07, 6.45) is 3.10. The van der Waals surface area contributed by atoms with E-state index in [-0.39, 0.29) is 24.1 Å². The summed E-state index contributed by atoms with van der Waals surface area (Å²) < 4.78 is 36.1. The van der Waals surface area contributed by atoms with E-state index in [2.05, 4.69) is 20.6 Å². The molecule has 0 aliphatic carbocycles. The molecule has 8 heteroatoms. The van der Waals surface area contributed by atoms with Crippen molar-refractivity contribution in [1.82, 2.24) is 9.97 Å². The monoisotopic (exact) mass is 308 g/mol. The molecule has 0 bridgehead atoms. The largest absolute Gasteiger partial charge is 0.441 e. The number of alkyl halides is 3. The highest BCUT2D eigenvalue weighted by molar-refractivity contribution is 8.00. The first-order chi connectivity index (χ1) is 9.48. The van der Waals surface area contributed by atoms with Crippen LogP contribution in [0.4, 0.5) is 24.8 Å². The zero-order chi connectivity index (χ0) is 15.0. The second kappa shape index (κ2) is 8.18. The first kappa shape index (κ1) is 16.9. The normalized spacial score (nSPS) is 11.4. The third kappa shape index (κ3) is 5.85. The van der Waals surface area contributed by atoms with Crippen LogP contribution in [0.5, 0.6) is 0 Å². The number of nitrogens with zero attached hydrogens (tertiary/aromatic N) is 2. The molecule has 1 aromatic rings. The van der Waals surface area contributed by atoms with E-state index < -0.39 is 5.51 Å². The van der Waals surface area contributed by atoms with Crippen LogP contribution in [0.2, 0.25) is 0 Å². The molecule has 0 aromatic carbocycles. The Kier molecular flexibility index (Phi) is 6.90. The highest BCUT2D eigenvalue weighted by Gasteiger charge is 2.27. The molecule has 0 amide bonds. The molecule has 0 saturated heterocycles. The predicted octanol–water partition coefficient (Wildman–Crippen LogP) is 3.53. The van der Waals surface area contributed by atoms with E-state index in [9.17, 15) is 13.2 Å². The molecule has 1 heterocycles. The van der Waals surface area contributed by atoms with Gasteiger partial charge in [0, 0.05) is 24.4 Å². The minimum Gasteiger partial charge on any atom is -0.370 e. The zero-order valence-electron chi connectivity index (χ0n) is 11.5. The Morgan fingerprint density at radius 1 is 1.15 bits per heavy atom. The molecule has 0 atom stereocenters. The van der Waals surface area contributed by atoms with Crippen molar-refractivity contribution in [2.75, 3.05) is 29.5 Å². The molecular formula is C12H19F3N4S. The summed E-state index contributed by atoms with van der Waals surface area (Å²) in [5, 5.41) is 6.10. The van der Waals surface area contributed by atoms with E-state index >= 15 is 0 Å². The summed E-state index contributed by atoms with van der Waals surface area (Å²) in [7, 11) is 0. The van der Waals surface area contributed by atoms with Gasteiger partial charge in [-0.2, -0.15) is 13.2 Å². The molecular weight excluding hydrogens is 289 g/mol. The number of rotatable bonds is 8. The summed E-state index contributed by atoms with van der Waals surface area (Å²) >= 11 is -0.0350. The molecule has 114 valence electrons. The van der Waals surface area contributed by atoms with Crippen molar-refractivity contribution in [3.63, 3.8) is 0 Å². The lowest BCUT2D eigenvalue weighted by molar-refractivity contribution is -0.0327. The highest BCUT2D eigenvalue weighted by Crippen LogP contribution is 2.30. The van der Waals surface area contributed by atoms with Crippen LogP contribution in [-0.2, 0) is 6.42 Å². The minimum atomic E-state index is -4.19. The molecule has 20 heavy (non-hydrogen) atoms. The average molecular weight is 308 g/mol. The van der Waals surface area contributed by atoms with E-state index in [1.807, 2.05) is 13.8 Å². The van der Waals surface area contributed by atoms with Gasteiger partial charge in [0.2, 0.25) is 0 Å². The minimum absolute atomic E-state index is 0.0350. The summed E-state index contributed by atoms with van der Waals surface area (Å²) in [4.78, 5) is 8.29. The number of anilines is 2. The zero-order valence-corrected chi connectivity index (χ0v) is 12.4. The van der Waals surface area contributed by atoms with E-state index in [1.165, 1.54) is 6.33 Å². The van der Waals surface area contributed by atoms with Crippen LogP contribution < -0.4 is 10.6 Å². The topological polar surface area (TPSA) is 49.8 Å². The molecule has 0 spiro atoms. The van der Waals surface area contributed by atoms with Crippen LogP contribution in [0.3, 0.4) is 0 Å². The Morgan fingerprint density at radius 2 is 1.80 bits per heavy atom. The quantitative estimate of drug-likeness (QED) is 0.720. The van der Waals surface area contributed by atoms with Crippen molar-refractivity contribution < 1.29 is 13.2 Å². The maximum absolute atomic E-state index is 12.0. The molecule has 0 fully saturated rings. The Labute approximate surface area is 121 Å². The molecule has 0 aliphatic rings. The van der Waals surface area contributed by atoms with Crippen LogP contribution >= 0.6 is 11.8 Å². The number of aromatic nitrogens is 2. The van der Waals surface area contributed by atoms with Crippen LogP contribution in [0.25, 0.3) is 0 Å². The molecule has 0 saturated carbocycles. The van der Waals surface area contributed by atoms with Crippen molar-refractivity contribution in [1.29, 1.82) is 0 Å². The highest BCUT2D eigenvalue weighted by atomic mass is 32.2. The fourth-order valence-electron chi connectivity index (χ4n) is 1.71. The Morgan fingerprint density at radius 3 is 2.35 bits per heavy atom. The van der Waals surface area contributed by atoms with Gasteiger partial charge in [-0.15, -0.1) is 0 Å². The predicted molar refractivity (Wildman–Crippen MR) is 77.2 cm³/mol. The molecule has 0 aliphatic heterocycles.